The molecule has 1 saturated heterocycles. The van der Waals surface area contributed by atoms with E-state index in [2.05, 4.69) is 10.2 Å². The van der Waals surface area contributed by atoms with Crippen molar-refractivity contribution < 1.29 is 18.7 Å². The van der Waals surface area contributed by atoms with Crippen LogP contribution in [0.4, 0.5) is 0 Å². The van der Waals surface area contributed by atoms with E-state index in [-0.39, 0.29) is 11.8 Å². The number of amides is 1. The van der Waals surface area contributed by atoms with Crippen LogP contribution in [0.1, 0.15) is 43.6 Å². The Kier molecular flexibility index (Phi) is 6.87. The number of carbonyl (C=O) groups excluding carboxylic acids is 2. The highest BCUT2D eigenvalue weighted by Crippen LogP contribution is 2.36. The van der Waals surface area contributed by atoms with Gasteiger partial charge in [-0.3, -0.25) is 4.79 Å². The molecular weight excluding hydrogens is 392 g/mol. The van der Waals surface area contributed by atoms with Gasteiger partial charge in [-0.05, 0) is 73.8 Å². The van der Waals surface area contributed by atoms with Crippen molar-refractivity contribution in [3.8, 4) is 5.75 Å². The van der Waals surface area contributed by atoms with E-state index in [4.69, 9.17) is 9.15 Å². The Balaban J connectivity index is 1.50. The highest BCUT2D eigenvalue weighted by molar-refractivity contribution is 6.08. The van der Waals surface area contributed by atoms with Crippen LogP contribution in [-0.2, 0) is 9.59 Å². The summed E-state index contributed by atoms with van der Waals surface area (Å²) in [6, 6.07) is 10.0. The zero-order valence-corrected chi connectivity index (χ0v) is 18.1. The molecule has 1 fully saturated rings. The van der Waals surface area contributed by atoms with Gasteiger partial charge in [-0.15, -0.1) is 0 Å². The first kappa shape index (κ1) is 21.4. The van der Waals surface area contributed by atoms with Gasteiger partial charge in [0.05, 0.1) is 12.9 Å². The quantitative estimate of drug-likeness (QED) is 0.390. The number of hydrogen-bond donors (Lipinski definition) is 1. The first-order valence-electron chi connectivity index (χ1n) is 11.1. The van der Waals surface area contributed by atoms with Crippen LogP contribution in [0.2, 0.25) is 0 Å². The lowest BCUT2D eigenvalue weighted by Crippen LogP contribution is -2.21. The van der Waals surface area contributed by atoms with Crippen molar-refractivity contribution in [1.82, 2.24) is 10.2 Å². The number of nitrogens with one attached hydrogen (secondary N) is 1. The zero-order chi connectivity index (χ0) is 21.6. The molecule has 3 aromatic rings. The number of rotatable bonds is 10. The first-order valence-corrected chi connectivity index (χ1v) is 11.1. The Labute approximate surface area is 182 Å². The number of aldehydes is 1. The summed E-state index contributed by atoms with van der Waals surface area (Å²) >= 11 is 0. The van der Waals surface area contributed by atoms with E-state index in [0.29, 0.717) is 19.4 Å². The predicted molar refractivity (Wildman–Crippen MR) is 122 cm³/mol. The standard InChI is InChI=1S/C25H30N2O4/c1-26-24(29)10-6-19(16-28)22-17-31-23-9-5-18-15-20(7-8-21(18)25(22)23)30-14-4-13-27-11-2-3-12-27/h5,7-9,15-17,19H,2-4,6,10-14H2,1H3,(H,26,29). The van der Waals surface area contributed by atoms with Gasteiger partial charge >= 0.3 is 0 Å². The molecule has 4 rings (SSSR count). The number of benzene rings is 2. The summed E-state index contributed by atoms with van der Waals surface area (Å²) in [5, 5.41) is 5.61. The maximum atomic E-state index is 11.8. The van der Waals surface area contributed by atoms with Crippen molar-refractivity contribution in [2.75, 3.05) is 33.3 Å². The van der Waals surface area contributed by atoms with Crippen molar-refractivity contribution in [2.45, 2.75) is 38.0 Å². The third-order valence-corrected chi connectivity index (χ3v) is 6.17. The molecule has 6 heteroatoms. The maximum Gasteiger partial charge on any atom is 0.219 e. The lowest BCUT2D eigenvalue weighted by Gasteiger charge is -2.14. The molecule has 0 radical (unpaired) electrons. The highest BCUT2D eigenvalue weighted by Gasteiger charge is 2.20. The van der Waals surface area contributed by atoms with Gasteiger partial charge in [-0.25, -0.2) is 0 Å². The molecule has 1 aromatic heterocycles. The maximum absolute atomic E-state index is 11.8. The Morgan fingerprint density at radius 3 is 2.87 bits per heavy atom. The molecule has 1 atom stereocenters. The van der Waals surface area contributed by atoms with Crippen molar-refractivity contribution in [1.29, 1.82) is 0 Å². The van der Waals surface area contributed by atoms with Crippen molar-refractivity contribution in [3.63, 3.8) is 0 Å². The number of carbonyl (C=O) groups is 2. The summed E-state index contributed by atoms with van der Waals surface area (Å²) in [5.74, 6) is 0.395. The SMILES string of the molecule is CNC(=O)CCC(C=O)c1coc2ccc3cc(OCCCN4CCCC4)ccc3c12. The van der Waals surface area contributed by atoms with Gasteiger partial charge in [0, 0.05) is 36.9 Å². The summed E-state index contributed by atoms with van der Waals surface area (Å²) in [6.45, 7) is 4.22. The molecule has 31 heavy (non-hydrogen) atoms. The fourth-order valence-electron chi connectivity index (χ4n) is 4.43. The smallest absolute Gasteiger partial charge is 0.219 e. The predicted octanol–water partition coefficient (Wildman–Crippen LogP) is 4.26. The van der Waals surface area contributed by atoms with Gasteiger partial charge in [0.25, 0.3) is 0 Å². The van der Waals surface area contributed by atoms with E-state index in [1.165, 1.54) is 25.9 Å². The Morgan fingerprint density at radius 2 is 2.10 bits per heavy atom. The summed E-state index contributed by atoms with van der Waals surface area (Å²) in [7, 11) is 1.60. The third kappa shape index (κ3) is 4.90. The number of fused-ring (bicyclic) bond motifs is 3. The topological polar surface area (TPSA) is 71.8 Å². The van der Waals surface area contributed by atoms with Gasteiger partial charge in [0.1, 0.15) is 17.6 Å². The van der Waals surface area contributed by atoms with Crippen LogP contribution >= 0.6 is 0 Å². The van der Waals surface area contributed by atoms with E-state index < -0.39 is 0 Å². The molecule has 1 N–H and O–H groups in total. The van der Waals surface area contributed by atoms with Crippen LogP contribution in [-0.4, -0.2) is 50.4 Å². The highest BCUT2D eigenvalue weighted by atomic mass is 16.5. The van der Waals surface area contributed by atoms with Gasteiger partial charge in [0.15, 0.2) is 0 Å². The van der Waals surface area contributed by atoms with Crippen LogP contribution in [0.25, 0.3) is 21.7 Å². The lowest BCUT2D eigenvalue weighted by atomic mass is 9.92. The largest absolute Gasteiger partial charge is 0.494 e. The molecule has 0 saturated carbocycles. The summed E-state index contributed by atoms with van der Waals surface area (Å²) < 4.78 is 11.7. The van der Waals surface area contributed by atoms with Crippen LogP contribution < -0.4 is 10.1 Å². The number of furan rings is 1. The molecule has 164 valence electrons. The Morgan fingerprint density at radius 1 is 1.26 bits per heavy atom. The van der Waals surface area contributed by atoms with E-state index >= 15 is 0 Å². The van der Waals surface area contributed by atoms with Gasteiger partial charge in [-0.1, -0.05) is 6.07 Å². The Hall–Kier alpha value is -2.86. The summed E-state index contributed by atoms with van der Waals surface area (Å²) in [4.78, 5) is 25.9. The average Bonchev–Trinajstić information content (AvgIpc) is 3.47. The average molecular weight is 423 g/mol. The molecule has 1 unspecified atom stereocenters. The second-order valence-electron chi connectivity index (χ2n) is 8.22. The van der Waals surface area contributed by atoms with E-state index in [1.54, 1.807) is 13.3 Å². The summed E-state index contributed by atoms with van der Waals surface area (Å²) in [6.07, 6.45) is 6.95. The van der Waals surface area contributed by atoms with Gasteiger partial charge < -0.3 is 24.2 Å². The molecule has 1 aliphatic heterocycles. The number of nitrogens with zero attached hydrogens (tertiary/aromatic N) is 1. The second kappa shape index (κ2) is 9.96. The lowest BCUT2D eigenvalue weighted by molar-refractivity contribution is -0.120. The molecule has 0 bridgehead atoms. The Bertz CT molecular complexity index is 1050. The summed E-state index contributed by atoms with van der Waals surface area (Å²) in [5.41, 5.74) is 1.58. The third-order valence-electron chi connectivity index (χ3n) is 6.17. The molecule has 6 nitrogen and oxygen atoms in total. The molecular formula is C25H30N2O4. The van der Waals surface area contributed by atoms with E-state index in [1.807, 2.05) is 30.3 Å². The van der Waals surface area contributed by atoms with Crippen LogP contribution in [0.3, 0.4) is 0 Å². The first-order chi connectivity index (χ1) is 15.2. The molecule has 1 aliphatic rings. The molecule has 1 amide bonds. The molecule has 0 spiro atoms. The zero-order valence-electron chi connectivity index (χ0n) is 18.1. The molecule has 2 heterocycles. The van der Waals surface area contributed by atoms with Crippen LogP contribution in [0, 0.1) is 0 Å². The molecule has 2 aromatic carbocycles. The minimum absolute atomic E-state index is 0.0731. The number of ether oxygens (including phenoxy) is 1. The van der Waals surface area contributed by atoms with Gasteiger partial charge in [0.2, 0.25) is 5.91 Å². The van der Waals surface area contributed by atoms with E-state index in [9.17, 15) is 9.59 Å². The number of likely N-dealkylation sites (tertiary alicyclic amines) is 1. The fraction of sp³-hybridized carbons (Fsp3) is 0.440. The van der Waals surface area contributed by atoms with Crippen molar-refractivity contribution in [3.05, 3.63) is 42.2 Å². The van der Waals surface area contributed by atoms with Crippen molar-refractivity contribution >= 4 is 33.9 Å². The normalized spacial score (nSPS) is 15.4. The fourth-order valence-corrected chi connectivity index (χ4v) is 4.43. The molecule has 0 aliphatic carbocycles. The monoisotopic (exact) mass is 422 g/mol. The van der Waals surface area contributed by atoms with Gasteiger partial charge in [-0.2, -0.15) is 0 Å². The van der Waals surface area contributed by atoms with Crippen molar-refractivity contribution in [2.24, 2.45) is 0 Å². The second-order valence-corrected chi connectivity index (χ2v) is 8.22. The minimum atomic E-state index is -0.384. The van der Waals surface area contributed by atoms with E-state index in [0.717, 1.165) is 52.3 Å². The van der Waals surface area contributed by atoms with Crippen LogP contribution in [0.5, 0.6) is 5.75 Å². The minimum Gasteiger partial charge on any atom is -0.494 e. The van der Waals surface area contributed by atoms with Crippen LogP contribution in [0.15, 0.2) is 41.0 Å². The number of hydrogen-bond acceptors (Lipinski definition) is 5.